The summed E-state index contributed by atoms with van der Waals surface area (Å²) >= 11 is 0. The Morgan fingerprint density at radius 3 is 2.72 bits per heavy atom. The van der Waals surface area contributed by atoms with E-state index in [9.17, 15) is 9.90 Å². The Kier molecular flexibility index (Phi) is 5.58. The number of hydrogen-bond acceptors (Lipinski definition) is 4. The summed E-state index contributed by atoms with van der Waals surface area (Å²) in [5.41, 5.74) is 7.90. The third-order valence-electron chi connectivity index (χ3n) is 6.66. The number of benzene rings is 3. The second-order valence-corrected chi connectivity index (χ2v) is 8.81. The summed E-state index contributed by atoms with van der Waals surface area (Å²) < 4.78 is 0. The van der Waals surface area contributed by atoms with Crippen molar-refractivity contribution in [3.63, 3.8) is 0 Å². The molecule has 32 heavy (non-hydrogen) atoms. The van der Waals surface area contributed by atoms with Crippen molar-refractivity contribution in [1.82, 2.24) is 10.6 Å². The van der Waals surface area contributed by atoms with Crippen molar-refractivity contribution in [2.75, 3.05) is 18.4 Å². The average Bonchev–Trinajstić information content (AvgIpc) is 3.02. The van der Waals surface area contributed by atoms with Crippen molar-refractivity contribution in [1.29, 1.82) is 0 Å². The molecule has 5 heteroatoms. The summed E-state index contributed by atoms with van der Waals surface area (Å²) in [7, 11) is 0. The van der Waals surface area contributed by atoms with Crippen LogP contribution in [-0.4, -0.2) is 30.1 Å². The highest BCUT2D eigenvalue weighted by Gasteiger charge is 2.28. The highest BCUT2D eigenvalue weighted by Crippen LogP contribution is 2.34. The molecule has 0 saturated heterocycles. The summed E-state index contributed by atoms with van der Waals surface area (Å²) in [6, 6.07) is 20.1. The number of aryl methyl sites for hydroxylation is 1. The molecule has 0 fully saturated rings. The molecule has 0 spiro atoms. The van der Waals surface area contributed by atoms with E-state index in [1.807, 2.05) is 31.2 Å². The van der Waals surface area contributed by atoms with E-state index in [0.29, 0.717) is 12.2 Å². The maximum Gasteiger partial charge on any atom is 0.237 e. The minimum absolute atomic E-state index is 0.0205. The zero-order chi connectivity index (χ0) is 22.1. The van der Waals surface area contributed by atoms with Gasteiger partial charge >= 0.3 is 0 Å². The van der Waals surface area contributed by atoms with Gasteiger partial charge in [-0.3, -0.25) is 4.79 Å². The first-order valence-corrected chi connectivity index (χ1v) is 11.4. The molecule has 5 nitrogen and oxygen atoms in total. The van der Waals surface area contributed by atoms with Crippen LogP contribution in [0.15, 0.2) is 60.7 Å². The van der Waals surface area contributed by atoms with E-state index in [4.69, 9.17) is 0 Å². The predicted octanol–water partition coefficient (Wildman–Crippen LogP) is 4.10. The molecule has 0 radical (unpaired) electrons. The smallest absolute Gasteiger partial charge is 0.237 e. The lowest BCUT2D eigenvalue weighted by atomic mass is 9.92. The summed E-state index contributed by atoms with van der Waals surface area (Å²) in [6.07, 6.45) is 2.30. The lowest BCUT2D eigenvalue weighted by Crippen LogP contribution is -2.47. The van der Waals surface area contributed by atoms with Gasteiger partial charge in [-0.2, -0.15) is 0 Å². The average molecular weight is 428 g/mol. The van der Waals surface area contributed by atoms with Crippen molar-refractivity contribution >= 4 is 11.6 Å². The van der Waals surface area contributed by atoms with E-state index in [-0.39, 0.29) is 18.0 Å². The zero-order valence-corrected chi connectivity index (χ0v) is 18.3. The molecule has 3 aromatic rings. The molecule has 1 amide bonds. The number of nitrogens with one attached hydrogen (secondary N) is 3. The molecular formula is C27H29N3O2. The van der Waals surface area contributed by atoms with E-state index in [2.05, 4.69) is 46.3 Å². The van der Waals surface area contributed by atoms with Crippen molar-refractivity contribution < 1.29 is 9.90 Å². The zero-order valence-electron chi connectivity index (χ0n) is 18.3. The maximum absolute atomic E-state index is 13.3. The quantitative estimate of drug-likeness (QED) is 0.508. The van der Waals surface area contributed by atoms with E-state index < -0.39 is 0 Å². The van der Waals surface area contributed by atoms with Gasteiger partial charge in [0.25, 0.3) is 0 Å². The molecule has 3 aromatic carbocycles. The third kappa shape index (κ3) is 4.08. The summed E-state index contributed by atoms with van der Waals surface area (Å²) in [5.74, 6) is 0.331. The Labute approximate surface area is 188 Å². The number of amides is 1. The summed E-state index contributed by atoms with van der Waals surface area (Å²) in [5, 5.41) is 20.2. The number of rotatable bonds is 3. The summed E-state index contributed by atoms with van der Waals surface area (Å²) in [6.45, 7) is 3.56. The van der Waals surface area contributed by atoms with Crippen molar-refractivity contribution in [3.8, 4) is 16.9 Å². The fourth-order valence-corrected chi connectivity index (χ4v) is 4.98. The molecule has 4 N–H and O–H groups in total. The molecule has 0 bridgehead atoms. The van der Waals surface area contributed by atoms with Crippen molar-refractivity contribution in [2.24, 2.45) is 0 Å². The van der Waals surface area contributed by atoms with Crippen LogP contribution < -0.4 is 16.0 Å². The lowest BCUT2D eigenvalue weighted by molar-refractivity contribution is -0.123. The predicted molar refractivity (Wildman–Crippen MR) is 128 cm³/mol. The molecule has 0 saturated carbocycles. The van der Waals surface area contributed by atoms with Gasteiger partial charge in [-0.15, -0.1) is 0 Å². The van der Waals surface area contributed by atoms with E-state index >= 15 is 0 Å². The van der Waals surface area contributed by atoms with Gasteiger partial charge in [0.05, 0.1) is 12.1 Å². The van der Waals surface area contributed by atoms with Gasteiger partial charge in [-0.05, 0) is 90.4 Å². The van der Waals surface area contributed by atoms with Crippen LogP contribution >= 0.6 is 0 Å². The monoisotopic (exact) mass is 427 g/mol. The second-order valence-electron chi connectivity index (χ2n) is 8.81. The Hall–Kier alpha value is -3.31. The molecule has 2 atom stereocenters. The first-order chi connectivity index (χ1) is 15.6. The van der Waals surface area contributed by atoms with Crippen LogP contribution in [0.3, 0.4) is 0 Å². The van der Waals surface area contributed by atoms with Gasteiger partial charge in [-0.1, -0.05) is 36.4 Å². The van der Waals surface area contributed by atoms with E-state index in [1.54, 1.807) is 6.07 Å². The Morgan fingerprint density at radius 1 is 1.03 bits per heavy atom. The SMILES string of the molecule is Cc1cc(O)cc2c1CC(C(=O)NC1CCNc3ccc(-c4ccccc4)cc31)NCC2. The molecule has 2 unspecified atom stereocenters. The summed E-state index contributed by atoms with van der Waals surface area (Å²) in [4.78, 5) is 13.3. The molecule has 2 aliphatic rings. The normalized spacial score (nSPS) is 19.8. The topological polar surface area (TPSA) is 73.4 Å². The first kappa shape index (κ1) is 20.6. The van der Waals surface area contributed by atoms with Gasteiger partial charge < -0.3 is 21.1 Å². The largest absolute Gasteiger partial charge is 0.508 e. The van der Waals surface area contributed by atoms with Gasteiger partial charge in [0.1, 0.15) is 5.75 Å². The highest BCUT2D eigenvalue weighted by atomic mass is 16.3. The number of aromatic hydroxyl groups is 1. The number of fused-ring (bicyclic) bond motifs is 2. The van der Waals surface area contributed by atoms with Crippen LogP contribution in [0.2, 0.25) is 0 Å². The Morgan fingerprint density at radius 2 is 1.88 bits per heavy atom. The van der Waals surface area contributed by atoms with E-state index in [0.717, 1.165) is 53.9 Å². The minimum Gasteiger partial charge on any atom is -0.508 e. The lowest BCUT2D eigenvalue weighted by Gasteiger charge is -2.29. The number of anilines is 1. The number of phenolic OH excluding ortho intramolecular Hbond substituents is 1. The van der Waals surface area contributed by atoms with Gasteiger partial charge in [0.2, 0.25) is 5.91 Å². The minimum atomic E-state index is -0.282. The number of carbonyl (C=O) groups excluding carboxylic acids is 1. The molecule has 164 valence electrons. The fourth-order valence-electron chi connectivity index (χ4n) is 4.98. The van der Waals surface area contributed by atoms with Gasteiger partial charge in [0, 0.05) is 12.2 Å². The Balaban J connectivity index is 1.37. The van der Waals surface area contributed by atoms with Crippen molar-refractivity contribution in [2.45, 2.75) is 38.3 Å². The molecule has 2 heterocycles. The first-order valence-electron chi connectivity index (χ1n) is 11.4. The van der Waals surface area contributed by atoms with Crippen LogP contribution in [0.25, 0.3) is 11.1 Å². The highest BCUT2D eigenvalue weighted by molar-refractivity contribution is 5.83. The number of carbonyl (C=O) groups is 1. The molecule has 0 aromatic heterocycles. The number of phenols is 1. The van der Waals surface area contributed by atoms with Crippen molar-refractivity contribution in [3.05, 3.63) is 82.9 Å². The maximum atomic E-state index is 13.3. The van der Waals surface area contributed by atoms with Gasteiger partial charge in [-0.25, -0.2) is 0 Å². The van der Waals surface area contributed by atoms with Crippen LogP contribution in [0, 0.1) is 6.92 Å². The van der Waals surface area contributed by atoms with Gasteiger partial charge in [0.15, 0.2) is 0 Å². The fraction of sp³-hybridized carbons (Fsp3) is 0.296. The molecule has 5 rings (SSSR count). The standard InChI is InChI=1S/C27H29N3O2/c1-17-13-21(31)14-20-9-11-29-26(16-22(17)20)27(32)30-25-10-12-28-24-8-7-19(15-23(24)25)18-5-3-2-4-6-18/h2-8,13-15,25-26,28-29,31H,9-12,16H2,1H3,(H,30,32). The third-order valence-corrected chi connectivity index (χ3v) is 6.66. The molecule has 0 aliphatic carbocycles. The molecule has 2 aliphatic heterocycles. The second kappa shape index (κ2) is 8.67. The molecular weight excluding hydrogens is 398 g/mol. The van der Waals surface area contributed by atoms with Crippen LogP contribution in [0.5, 0.6) is 5.75 Å². The Bertz CT molecular complexity index is 1140. The van der Waals surface area contributed by atoms with Crippen LogP contribution in [0.1, 0.15) is 34.7 Å². The van der Waals surface area contributed by atoms with E-state index in [1.165, 1.54) is 11.1 Å². The van der Waals surface area contributed by atoms with Crippen LogP contribution in [0.4, 0.5) is 5.69 Å². The number of hydrogen-bond donors (Lipinski definition) is 4. The van der Waals surface area contributed by atoms with Crippen LogP contribution in [-0.2, 0) is 17.6 Å².